The van der Waals surface area contributed by atoms with Gasteiger partial charge in [0.05, 0.1) is 23.4 Å². The van der Waals surface area contributed by atoms with E-state index in [-0.39, 0.29) is 42.8 Å². The minimum atomic E-state index is -1.05. The molecule has 2 aromatic carbocycles. The Hall–Kier alpha value is -3.76. The van der Waals surface area contributed by atoms with Crippen molar-refractivity contribution in [1.29, 1.82) is 0 Å². The van der Waals surface area contributed by atoms with Gasteiger partial charge < -0.3 is 30.1 Å². The predicted octanol–water partition coefficient (Wildman–Crippen LogP) is 4.34. The number of ether oxygens (including phenoxy) is 2. The Labute approximate surface area is 266 Å². The van der Waals surface area contributed by atoms with E-state index in [1.807, 2.05) is 44.2 Å². The zero-order valence-corrected chi connectivity index (χ0v) is 27.9. The Kier molecular flexibility index (Phi) is 11.6. The molecule has 246 valence electrons. The van der Waals surface area contributed by atoms with Crippen LogP contribution in [-0.2, 0) is 25.6 Å². The summed E-state index contributed by atoms with van der Waals surface area (Å²) in [6.07, 6.45) is 0.575. The molecule has 10 nitrogen and oxygen atoms in total. The van der Waals surface area contributed by atoms with Crippen molar-refractivity contribution in [2.75, 3.05) is 19.6 Å². The first kappa shape index (κ1) is 35.7. The lowest BCUT2D eigenvalue weighted by atomic mass is 9.97. The lowest BCUT2D eigenvalue weighted by Gasteiger charge is -2.30. The molecule has 0 saturated carbocycles. The number of carbonyl (C=O) groups excluding carboxylic acids is 4. The number of hydrogen-bond acceptors (Lipinski definition) is 8. The molecule has 2 aromatic rings. The Morgan fingerprint density at radius 3 is 1.98 bits per heavy atom. The SMILES string of the molecule is CC(C)(CNC(=O)[C@@H]1CCCN1C(=O)Cc1ccccc1)NCC(O)c1cc(OC(=O)C(C)(C)C)cc(OC(=O)C(C)(C)C)c1. The highest BCUT2D eigenvalue weighted by Crippen LogP contribution is 2.30. The van der Waals surface area contributed by atoms with Crippen molar-refractivity contribution in [3.8, 4) is 11.5 Å². The molecule has 2 atom stereocenters. The van der Waals surface area contributed by atoms with Gasteiger partial charge >= 0.3 is 11.9 Å². The topological polar surface area (TPSA) is 134 Å². The van der Waals surface area contributed by atoms with Gasteiger partial charge in [-0.2, -0.15) is 0 Å². The lowest BCUT2D eigenvalue weighted by Crippen LogP contribution is -2.53. The second-order valence-corrected chi connectivity index (χ2v) is 14.4. The third kappa shape index (κ3) is 10.7. The fourth-order valence-corrected chi connectivity index (χ4v) is 4.61. The highest BCUT2D eigenvalue weighted by molar-refractivity contribution is 5.89. The maximum Gasteiger partial charge on any atom is 0.316 e. The third-order valence-electron chi connectivity index (χ3n) is 7.49. The van der Waals surface area contributed by atoms with Crippen LogP contribution in [0.2, 0.25) is 0 Å². The normalized spacial score (nSPS) is 16.2. The van der Waals surface area contributed by atoms with Crippen molar-refractivity contribution in [3.05, 3.63) is 59.7 Å². The number of hydrogen-bond donors (Lipinski definition) is 3. The van der Waals surface area contributed by atoms with E-state index in [0.717, 1.165) is 12.0 Å². The maximum atomic E-state index is 13.1. The molecular weight excluding hydrogens is 574 g/mol. The van der Waals surface area contributed by atoms with Gasteiger partial charge in [-0.1, -0.05) is 30.3 Å². The summed E-state index contributed by atoms with van der Waals surface area (Å²) in [6, 6.07) is 13.5. The number of esters is 2. The molecule has 2 amide bonds. The van der Waals surface area contributed by atoms with Gasteiger partial charge in [0.15, 0.2) is 0 Å². The second-order valence-electron chi connectivity index (χ2n) is 14.4. The van der Waals surface area contributed by atoms with Crippen molar-refractivity contribution >= 4 is 23.8 Å². The van der Waals surface area contributed by atoms with E-state index in [1.54, 1.807) is 58.6 Å². The molecule has 1 heterocycles. The van der Waals surface area contributed by atoms with Crippen molar-refractivity contribution in [1.82, 2.24) is 15.5 Å². The van der Waals surface area contributed by atoms with Crippen LogP contribution in [0.4, 0.5) is 0 Å². The third-order valence-corrected chi connectivity index (χ3v) is 7.49. The van der Waals surface area contributed by atoms with Gasteiger partial charge in [0.1, 0.15) is 17.5 Å². The van der Waals surface area contributed by atoms with Crippen LogP contribution in [0.25, 0.3) is 0 Å². The second kappa shape index (κ2) is 14.6. The summed E-state index contributed by atoms with van der Waals surface area (Å²) in [6.45, 7) is 15.1. The highest BCUT2D eigenvalue weighted by Gasteiger charge is 2.35. The molecule has 1 saturated heterocycles. The van der Waals surface area contributed by atoms with Crippen LogP contribution in [0, 0.1) is 10.8 Å². The standard InChI is InChI=1S/C35H49N3O7/c1-33(2,3)31(42)44-25-18-24(19-26(20-25)45-32(43)34(4,5)6)28(39)21-37-35(7,8)22-36-30(41)27-15-12-16-38(27)29(40)17-23-13-10-9-11-14-23/h9-11,13-14,18-20,27-28,37,39H,12,15-17,21-22H2,1-8H3,(H,36,41)/t27-,28?/m0/s1. The number of carbonyl (C=O) groups is 4. The van der Waals surface area contributed by atoms with Crippen LogP contribution in [0.5, 0.6) is 11.5 Å². The average molecular weight is 624 g/mol. The molecule has 0 aliphatic carbocycles. The summed E-state index contributed by atoms with van der Waals surface area (Å²) >= 11 is 0. The molecule has 10 heteroatoms. The minimum Gasteiger partial charge on any atom is -0.426 e. The minimum absolute atomic E-state index is 0.0673. The number of amides is 2. The van der Waals surface area contributed by atoms with Crippen molar-refractivity contribution < 1.29 is 33.8 Å². The molecule has 1 fully saturated rings. The van der Waals surface area contributed by atoms with E-state index < -0.39 is 40.5 Å². The number of nitrogens with zero attached hydrogens (tertiary/aromatic N) is 1. The number of likely N-dealkylation sites (tertiary alicyclic amines) is 1. The fourth-order valence-electron chi connectivity index (χ4n) is 4.61. The van der Waals surface area contributed by atoms with E-state index in [1.165, 1.54) is 6.07 Å². The van der Waals surface area contributed by atoms with Crippen LogP contribution in [0.1, 0.15) is 85.5 Å². The van der Waals surface area contributed by atoms with Gasteiger partial charge in [-0.3, -0.25) is 19.2 Å². The first-order valence-electron chi connectivity index (χ1n) is 15.5. The molecule has 1 aliphatic rings. The molecule has 3 N–H and O–H groups in total. The van der Waals surface area contributed by atoms with Crippen molar-refractivity contribution in [3.63, 3.8) is 0 Å². The highest BCUT2D eigenvalue weighted by atomic mass is 16.5. The smallest absolute Gasteiger partial charge is 0.316 e. The average Bonchev–Trinajstić information content (AvgIpc) is 3.45. The van der Waals surface area contributed by atoms with Gasteiger partial charge in [0.2, 0.25) is 11.8 Å². The van der Waals surface area contributed by atoms with E-state index in [0.29, 0.717) is 18.5 Å². The molecular formula is C35H49N3O7. The van der Waals surface area contributed by atoms with Gasteiger partial charge in [-0.15, -0.1) is 0 Å². The van der Waals surface area contributed by atoms with Crippen molar-refractivity contribution in [2.24, 2.45) is 10.8 Å². The fraction of sp³-hybridized carbons (Fsp3) is 0.543. The lowest BCUT2D eigenvalue weighted by molar-refractivity contribution is -0.143. The maximum absolute atomic E-state index is 13.1. The van der Waals surface area contributed by atoms with Gasteiger partial charge in [-0.25, -0.2) is 0 Å². The van der Waals surface area contributed by atoms with Crippen LogP contribution in [0.15, 0.2) is 48.5 Å². The Bertz CT molecular complexity index is 1310. The number of aliphatic hydroxyl groups is 1. The predicted molar refractivity (Wildman–Crippen MR) is 172 cm³/mol. The number of β-amino-alcohol motifs (C(OH)–C–C–N with tert-alkyl or cyclic N) is 1. The summed E-state index contributed by atoms with van der Waals surface area (Å²) in [5, 5.41) is 17.4. The first-order valence-corrected chi connectivity index (χ1v) is 15.5. The molecule has 3 rings (SSSR count). The first-order chi connectivity index (χ1) is 20.9. The monoisotopic (exact) mass is 623 g/mol. The van der Waals surface area contributed by atoms with Crippen LogP contribution in [-0.4, -0.2) is 65.0 Å². The van der Waals surface area contributed by atoms with Gasteiger partial charge in [-0.05, 0) is 91.5 Å². The summed E-state index contributed by atoms with van der Waals surface area (Å²) in [7, 11) is 0. The Morgan fingerprint density at radius 1 is 0.889 bits per heavy atom. The molecule has 0 aromatic heterocycles. The molecule has 0 spiro atoms. The van der Waals surface area contributed by atoms with Crippen LogP contribution < -0.4 is 20.1 Å². The van der Waals surface area contributed by atoms with Crippen LogP contribution >= 0.6 is 0 Å². The zero-order valence-electron chi connectivity index (χ0n) is 27.9. The number of benzene rings is 2. The summed E-state index contributed by atoms with van der Waals surface area (Å²) in [4.78, 5) is 52.9. The number of nitrogens with one attached hydrogen (secondary N) is 2. The molecule has 0 radical (unpaired) electrons. The van der Waals surface area contributed by atoms with E-state index >= 15 is 0 Å². The van der Waals surface area contributed by atoms with E-state index in [2.05, 4.69) is 10.6 Å². The number of aliphatic hydroxyl groups excluding tert-OH is 1. The van der Waals surface area contributed by atoms with Gasteiger partial charge in [0.25, 0.3) is 0 Å². The van der Waals surface area contributed by atoms with E-state index in [9.17, 15) is 24.3 Å². The summed E-state index contributed by atoms with van der Waals surface area (Å²) in [5.74, 6) is -0.916. The summed E-state index contributed by atoms with van der Waals surface area (Å²) < 4.78 is 11.1. The summed E-state index contributed by atoms with van der Waals surface area (Å²) in [5.41, 5.74) is -0.854. The zero-order chi connectivity index (χ0) is 33.6. The Morgan fingerprint density at radius 2 is 1.44 bits per heavy atom. The number of rotatable bonds is 11. The molecule has 0 bridgehead atoms. The molecule has 1 aliphatic heterocycles. The molecule has 45 heavy (non-hydrogen) atoms. The Balaban J connectivity index is 1.63. The largest absolute Gasteiger partial charge is 0.426 e. The molecule has 1 unspecified atom stereocenters. The van der Waals surface area contributed by atoms with E-state index in [4.69, 9.17) is 9.47 Å². The van der Waals surface area contributed by atoms with Crippen molar-refractivity contribution in [2.45, 2.75) is 92.3 Å². The van der Waals surface area contributed by atoms with Crippen LogP contribution in [0.3, 0.4) is 0 Å². The van der Waals surface area contributed by atoms with Gasteiger partial charge in [0, 0.05) is 31.2 Å². The quantitative estimate of drug-likeness (QED) is 0.249.